The second kappa shape index (κ2) is 8.41. The summed E-state index contributed by atoms with van der Waals surface area (Å²) in [6, 6.07) is 8.85. The zero-order chi connectivity index (χ0) is 15.9. The molecule has 0 bridgehead atoms. The van der Waals surface area contributed by atoms with Gasteiger partial charge in [0.25, 0.3) is 0 Å². The quantitative estimate of drug-likeness (QED) is 0.692. The molecule has 0 atom stereocenters. The van der Waals surface area contributed by atoms with Gasteiger partial charge in [0, 0.05) is 18.2 Å². The van der Waals surface area contributed by atoms with Gasteiger partial charge >= 0.3 is 0 Å². The molecule has 116 valence electrons. The van der Waals surface area contributed by atoms with E-state index in [0.29, 0.717) is 12.6 Å². The number of ether oxygens (including phenoxy) is 1. The third-order valence-electron chi connectivity index (χ3n) is 3.24. The van der Waals surface area contributed by atoms with Crippen molar-refractivity contribution in [1.29, 1.82) is 5.26 Å². The standard InChI is InChI=1S/C17H25BrN2O/c1-13(2)20-11-14-7-5-8-15(18)16(14)21-10-6-9-17(3,4)12-19/h5,7-8,13,20H,6,9-11H2,1-4H3. The molecule has 0 heterocycles. The van der Waals surface area contributed by atoms with E-state index in [-0.39, 0.29) is 5.41 Å². The Balaban J connectivity index is 2.59. The van der Waals surface area contributed by atoms with E-state index in [1.54, 1.807) is 0 Å². The molecule has 4 heteroatoms. The molecule has 0 saturated carbocycles. The molecule has 0 radical (unpaired) electrons. The van der Waals surface area contributed by atoms with Gasteiger partial charge in [-0.25, -0.2) is 0 Å². The molecule has 1 rings (SSSR count). The lowest BCUT2D eigenvalue weighted by Gasteiger charge is -2.17. The zero-order valence-corrected chi connectivity index (χ0v) is 15.0. The van der Waals surface area contributed by atoms with Crippen LogP contribution in [0.1, 0.15) is 46.1 Å². The topological polar surface area (TPSA) is 45.0 Å². The second-order valence-corrected chi connectivity index (χ2v) is 7.07. The average Bonchev–Trinajstić information content (AvgIpc) is 2.43. The number of nitrogens with one attached hydrogen (secondary N) is 1. The minimum atomic E-state index is -0.278. The van der Waals surface area contributed by atoms with Crippen molar-refractivity contribution >= 4 is 15.9 Å². The molecule has 0 fully saturated rings. The highest BCUT2D eigenvalue weighted by Gasteiger charge is 2.16. The Labute approximate surface area is 136 Å². The van der Waals surface area contributed by atoms with E-state index in [1.165, 1.54) is 0 Å². The summed E-state index contributed by atoms with van der Waals surface area (Å²) in [5.74, 6) is 0.903. The van der Waals surface area contributed by atoms with Gasteiger partial charge in [-0.15, -0.1) is 0 Å². The predicted octanol–water partition coefficient (Wildman–Crippen LogP) is 4.66. The number of halogens is 1. The fraction of sp³-hybridized carbons (Fsp3) is 0.588. The molecule has 3 nitrogen and oxygen atoms in total. The molecule has 21 heavy (non-hydrogen) atoms. The summed E-state index contributed by atoms with van der Waals surface area (Å²) in [5.41, 5.74) is 0.872. The van der Waals surface area contributed by atoms with Crippen LogP contribution in [0.5, 0.6) is 5.75 Å². The lowest BCUT2D eigenvalue weighted by atomic mass is 9.90. The van der Waals surface area contributed by atoms with Gasteiger partial charge in [0.15, 0.2) is 0 Å². The van der Waals surface area contributed by atoms with Gasteiger partial charge in [0.2, 0.25) is 0 Å². The van der Waals surface area contributed by atoms with E-state index >= 15 is 0 Å². The van der Waals surface area contributed by atoms with Crippen molar-refractivity contribution in [2.45, 2.75) is 53.1 Å². The van der Waals surface area contributed by atoms with Crippen molar-refractivity contribution in [3.63, 3.8) is 0 Å². The highest BCUT2D eigenvalue weighted by atomic mass is 79.9. The van der Waals surface area contributed by atoms with Gasteiger partial charge in [-0.1, -0.05) is 26.0 Å². The average molecular weight is 353 g/mol. The molecule has 0 amide bonds. The van der Waals surface area contributed by atoms with Crippen molar-refractivity contribution < 1.29 is 4.74 Å². The zero-order valence-electron chi connectivity index (χ0n) is 13.4. The Bertz CT molecular complexity index is 492. The fourth-order valence-electron chi connectivity index (χ4n) is 1.91. The Morgan fingerprint density at radius 2 is 2.10 bits per heavy atom. The highest BCUT2D eigenvalue weighted by molar-refractivity contribution is 9.10. The van der Waals surface area contributed by atoms with Crippen LogP contribution >= 0.6 is 15.9 Å². The summed E-state index contributed by atoms with van der Waals surface area (Å²) in [6.07, 6.45) is 1.71. The third-order valence-corrected chi connectivity index (χ3v) is 3.87. The minimum absolute atomic E-state index is 0.278. The first kappa shape index (κ1) is 18.0. The minimum Gasteiger partial charge on any atom is -0.492 e. The third kappa shape index (κ3) is 6.50. The molecule has 0 aliphatic heterocycles. The molecule has 1 aromatic carbocycles. The lowest BCUT2D eigenvalue weighted by Crippen LogP contribution is -2.22. The molecule has 0 aliphatic carbocycles. The van der Waals surface area contributed by atoms with Crippen molar-refractivity contribution in [2.75, 3.05) is 6.61 Å². The van der Waals surface area contributed by atoms with Gasteiger partial charge < -0.3 is 10.1 Å². The van der Waals surface area contributed by atoms with E-state index in [1.807, 2.05) is 26.0 Å². The molecule has 0 aromatic heterocycles. The van der Waals surface area contributed by atoms with Gasteiger partial charge in [-0.3, -0.25) is 0 Å². The van der Waals surface area contributed by atoms with Gasteiger partial charge in [0.1, 0.15) is 5.75 Å². The Morgan fingerprint density at radius 1 is 1.38 bits per heavy atom. The second-order valence-electron chi connectivity index (χ2n) is 6.21. The summed E-state index contributed by atoms with van der Waals surface area (Å²) in [4.78, 5) is 0. The van der Waals surface area contributed by atoms with E-state index < -0.39 is 0 Å². The Kier molecular flexibility index (Phi) is 7.21. The highest BCUT2D eigenvalue weighted by Crippen LogP contribution is 2.30. The smallest absolute Gasteiger partial charge is 0.137 e. The van der Waals surface area contributed by atoms with Crippen molar-refractivity contribution in [3.05, 3.63) is 28.2 Å². The molecule has 1 N–H and O–H groups in total. The van der Waals surface area contributed by atoms with Gasteiger partial charge in [-0.2, -0.15) is 5.26 Å². The van der Waals surface area contributed by atoms with Crippen LogP contribution in [0.3, 0.4) is 0 Å². The van der Waals surface area contributed by atoms with Gasteiger partial charge in [-0.05, 0) is 48.7 Å². The molecular weight excluding hydrogens is 328 g/mol. The monoisotopic (exact) mass is 352 g/mol. The molecule has 1 aromatic rings. The van der Waals surface area contributed by atoms with Crippen molar-refractivity contribution in [3.8, 4) is 11.8 Å². The summed E-state index contributed by atoms with van der Waals surface area (Å²) in [7, 11) is 0. The molecule has 0 spiro atoms. The van der Waals surface area contributed by atoms with Crippen LogP contribution in [0, 0.1) is 16.7 Å². The summed E-state index contributed by atoms with van der Waals surface area (Å²) >= 11 is 3.55. The number of nitriles is 1. The lowest BCUT2D eigenvalue weighted by molar-refractivity contribution is 0.279. The van der Waals surface area contributed by atoms with Gasteiger partial charge in [0.05, 0.1) is 22.6 Å². The van der Waals surface area contributed by atoms with Crippen LogP contribution in [0.4, 0.5) is 0 Å². The van der Waals surface area contributed by atoms with Crippen molar-refractivity contribution in [2.24, 2.45) is 5.41 Å². The molecule has 0 aliphatic rings. The maximum Gasteiger partial charge on any atom is 0.137 e. The first-order chi connectivity index (χ1) is 9.85. The van der Waals surface area contributed by atoms with E-state index in [4.69, 9.17) is 10.00 Å². The van der Waals surface area contributed by atoms with Crippen LogP contribution in [0.2, 0.25) is 0 Å². The number of nitrogens with zero attached hydrogens (tertiary/aromatic N) is 1. The number of benzene rings is 1. The first-order valence-electron chi connectivity index (χ1n) is 7.40. The Morgan fingerprint density at radius 3 is 2.71 bits per heavy atom. The number of para-hydroxylation sites is 1. The van der Waals surface area contributed by atoms with Crippen molar-refractivity contribution in [1.82, 2.24) is 5.32 Å². The van der Waals surface area contributed by atoms with Crippen LogP contribution in [0.25, 0.3) is 0 Å². The predicted molar refractivity (Wildman–Crippen MR) is 90.2 cm³/mol. The van der Waals surface area contributed by atoms with E-state index in [9.17, 15) is 0 Å². The summed E-state index contributed by atoms with van der Waals surface area (Å²) < 4.78 is 6.92. The molecule has 0 unspecified atom stereocenters. The maximum absolute atomic E-state index is 9.01. The number of hydrogen-bond donors (Lipinski definition) is 1. The Hall–Kier alpha value is -1.05. The van der Waals surface area contributed by atoms with Crippen LogP contribution in [-0.4, -0.2) is 12.6 Å². The normalized spacial score (nSPS) is 11.5. The first-order valence-corrected chi connectivity index (χ1v) is 8.20. The van der Waals surface area contributed by atoms with E-state index in [2.05, 4.69) is 47.2 Å². The largest absolute Gasteiger partial charge is 0.492 e. The SMILES string of the molecule is CC(C)NCc1cccc(Br)c1OCCCC(C)(C)C#N. The maximum atomic E-state index is 9.01. The molecular formula is C17H25BrN2O. The number of hydrogen-bond acceptors (Lipinski definition) is 3. The van der Waals surface area contributed by atoms with E-state index in [0.717, 1.165) is 35.2 Å². The number of rotatable bonds is 8. The summed E-state index contributed by atoms with van der Waals surface area (Å²) in [5, 5.41) is 12.4. The van der Waals surface area contributed by atoms with Crippen LogP contribution in [-0.2, 0) is 6.54 Å². The van der Waals surface area contributed by atoms with Crippen LogP contribution < -0.4 is 10.1 Å². The van der Waals surface area contributed by atoms with Crippen LogP contribution in [0.15, 0.2) is 22.7 Å². The molecule has 0 saturated heterocycles. The fourth-order valence-corrected chi connectivity index (χ4v) is 2.43. The summed E-state index contributed by atoms with van der Waals surface area (Å²) in [6.45, 7) is 9.59.